The maximum absolute atomic E-state index is 2.45. The van der Waals surface area contributed by atoms with Crippen LogP contribution in [0.4, 0.5) is 17.1 Å². The molecule has 12 aromatic rings. The van der Waals surface area contributed by atoms with Crippen LogP contribution in [0.15, 0.2) is 194 Å². The molecular formula is C52H32N2S2. The van der Waals surface area contributed by atoms with Gasteiger partial charge in [0.1, 0.15) is 0 Å². The van der Waals surface area contributed by atoms with Gasteiger partial charge in [0.05, 0.1) is 11.0 Å². The van der Waals surface area contributed by atoms with Gasteiger partial charge < -0.3 is 9.47 Å². The van der Waals surface area contributed by atoms with Crippen LogP contribution in [0.3, 0.4) is 0 Å². The molecule has 0 atom stereocenters. The number of aromatic nitrogens is 1. The summed E-state index contributed by atoms with van der Waals surface area (Å²) in [6, 6.07) is 71.3. The molecule has 4 heteroatoms. The lowest BCUT2D eigenvalue weighted by Crippen LogP contribution is -2.09. The van der Waals surface area contributed by atoms with Crippen molar-refractivity contribution in [1.29, 1.82) is 0 Å². The number of hydrogen-bond donors (Lipinski definition) is 0. The molecule has 0 saturated carbocycles. The summed E-state index contributed by atoms with van der Waals surface area (Å²) in [5, 5.41) is 10.4. The second-order valence-corrected chi connectivity index (χ2v) is 16.7. The third-order valence-electron chi connectivity index (χ3n) is 11.4. The molecule has 0 aliphatic carbocycles. The van der Waals surface area contributed by atoms with Gasteiger partial charge in [-0.15, -0.1) is 22.7 Å². The molecule has 0 bridgehead atoms. The smallest absolute Gasteiger partial charge is 0.0547 e. The van der Waals surface area contributed by atoms with E-state index < -0.39 is 0 Å². The summed E-state index contributed by atoms with van der Waals surface area (Å²) in [5.41, 5.74) is 9.41. The summed E-state index contributed by atoms with van der Waals surface area (Å²) >= 11 is 3.76. The summed E-state index contributed by atoms with van der Waals surface area (Å²) in [6.45, 7) is 0. The maximum Gasteiger partial charge on any atom is 0.0547 e. The van der Waals surface area contributed by atoms with E-state index in [1.54, 1.807) is 0 Å². The molecule has 9 aromatic carbocycles. The fourth-order valence-electron chi connectivity index (χ4n) is 8.74. The molecular weight excluding hydrogens is 717 g/mol. The van der Waals surface area contributed by atoms with Crippen molar-refractivity contribution >= 4 is 113 Å². The molecule has 3 heterocycles. The number of rotatable bonds is 5. The average molecular weight is 749 g/mol. The predicted octanol–water partition coefficient (Wildman–Crippen LogP) is 15.8. The van der Waals surface area contributed by atoms with E-state index in [4.69, 9.17) is 0 Å². The Labute approximate surface area is 331 Å². The number of fused-ring (bicyclic) bond motifs is 11. The molecule has 0 aliphatic rings. The third kappa shape index (κ3) is 4.86. The molecule has 12 rings (SSSR count). The predicted molar refractivity (Wildman–Crippen MR) is 244 cm³/mol. The fraction of sp³-hybridized carbons (Fsp3) is 0. The minimum absolute atomic E-state index is 1.13. The highest BCUT2D eigenvalue weighted by molar-refractivity contribution is 7.26. The van der Waals surface area contributed by atoms with Gasteiger partial charge in [-0.3, -0.25) is 0 Å². The molecule has 0 aliphatic heterocycles. The first kappa shape index (κ1) is 31.6. The van der Waals surface area contributed by atoms with E-state index >= 15 is 0 Å². The van der Waals surface area contributed by atoms with E-state index in [2.05, 4.69) is 204 Å². The summed E-state index contributed by atoms with van der Waals surface area (Å²) in [5.74, 6) is 0. The van der Waals surface area contributed by atoms with Gasteiger partial charge >= 0.3 is 0 Å². The molecule has 0 radical (unpaired) electrons. The first-order valence-electron chi connectivity index (χ1n) is 19.0. The summed E-state index contributed by atoms with van der Waals surface area (Å²) in [7, 11) is 0. The van der Waals surface area contributed by atoms with Crippen LogP contribution in [0.1, 0.15) is 0 Å². The summed E-state index contributed by atoms with van der Waals surface area (Å²) in [6.07, 6.45) is 0. The lowest BCUT2D eigenvalue weighted by Gasteiger charge is -2.25. The number of anilines is 3. The Morgan fingerprint density at radius 1 is 0.339 bits per heavy atom. The van der Waals surface area contributed by atoms with Crippen LogP contribution in [-0.4, -0.2) is 4.57 Å². The van der Waals surface area contributed by atoms with Gasteiger partial charge in [0, 0.05) is 79.3 Å². The average Bonchev–Trinajstić information content (AvgIpc) is 3.93. The van der Waals surface area contributed by atoms with Crippen LogP contribution in [-0.2, 0) is 0 Å². The SMILES string of the molecule is c1ccc(N(c2ccc(-c3ccc4c(c3)c3cc5c(ccc6c7ccccc7sc56)cc3n4-c3ccccc3)cc2)c2ccc3c(c2)sc2ccccc23)cc1. The Hall–Kier alpha value is -6.72. The Bertz CT molecular complexity index is 3460. The highest BCUT2D eigenvalue weighted by Crippen LogP contribution is 2.44. The van der Waals surface area contributed by atoms with E-state index in [1.807, 2.05) is 22.7 Å². The van der Waals surface area contributed by atoms with Gasteiger partial charge in [-0.25, -0.2) is 0 Å². The van der Waals surface area contributed by atoms with Gasteiger partial charge in [-0.2, -0.15) is 0 Å². The number of para-hydroxylation sites is 2. The minimum Gasteiger partial charge on any atom is -0.310 e. The molecule has 56 heavy (non-hydrogen) atoms. The molecule has 2 nitrogen and oxygen atoms in total. The molecule has 0 spiro atoms. The third-order valence-corrected chi connectivity index (χ3v) is 13.7. The topological polar surface area (TPSA) is 8.17 Å². The number of nitrogens with zero attached hydrogens (tertiary/aromatic N) is 2. The molecule has 262 valence electrons. The van der Waals surface area contributed by atoms with Crippen LogP contribution in [0, 0.1) is 0 Å². The van der Waals surface area contributed by atoms with Gasteiger partial charge in [-0.05, 0) is 101 Å². The minimum atomic E-state index is 1.13. The Morgan fingerprint density at radius 3 is 1.75 bits per heavy atom. The molecule has 0 fully saturated rings. The van der Waals surface area contributed by atoms with Crippen LogP contribution in [0.5, 0.6) is 0 Å². The van der Waals surface area contributed by atoms with E-state index in [0.717, 1.165) is 17.1 Å². The van der Waals surface area contributed by atoms with Crippen molar-refractivity contribution in [1.82, 2.24) is 4.57 Å². The zero-order valence-corrected chi connectivity index (χ0v) is 31.8. The largest absolute Gasteiger partial charge is 0.310 e. The zero-order chi connectivity index (χ0) is 36.7. The fourth-order valence-corrected chi connectivity index (χ4v) is 11.1. The van der Waals surface area contributed by atoms with Crippen LogP contribution >= 0.6 is 22.7 Å². The second kappa shape index (κ2) is 12.4. The number of hydrogen-bond acceptors (Lipinski definition) is 3. The molecule has 3 aromatic heterocycles. The Balaban J connectivity index is 1.01. The lowest BCUT2D eigenvalue weighted by molar-refractivity contribution is 1.18. The van der Waals surface area contributed by atoms with Crippen molar-refractivity contribution in [3.8, 4) is 16.8 Å². The highest BCUT2D eigenvalue weighted by atomic mass is 32.1. The van der Waals surface area contributed by atoms with Gasteiger partial charge in [-0.1, -0.05) is 109 Å². The Kier molecular flexibility index (Phi) is 7.00. The van der Waals surface area contributed by atoms with E-state index in [9.17, 15) is 0 Å². The molecule has 0 N–H and O–H groups in total. The van der Waals surface area contributed by atoms with Crippen molar-refractivity contribution in [2.75, 3.05) is 4.90 Å². The van der Waals surface area contributed by atoms with Crippen molar-refractivity contribution in [2.45, 2.75) is 0 Å². The first-order chi connectivity index (χ1) is 27.7. The highest BCUT2D eigenvalue weighted by Gasteiger charge is 2.18. The van der Waals surface area contributed by atoms with Crippen molar-refractivity contribution in [2.24, 2.45) is 0 Å². The van der Waals surface area contributed by atoms with Crippen LogP contribution < -0.4 is 4.90 Å². The van der Waals surface area contributed by atoms with E-state index in [1.165, 1.54) is 89.7 Å². The molecule has 0 unspecified atom stereocenters. The molecule has 0 saturated heterocycles. The zero-order valence-electron chi connectivity index (χ0n) is 30.2. The van der Waals surface area contributed by atoms with Gasteiger partial charge in [0.2, 0.25) is 0 Å². The van der Waals surface area contributed by atoms with Crippen LogP contribution in [0.2, 0.25) is 0 Å². The summed E-state index contributed by atoms with van der Waals surface area (Å²) < 4.78 is 7.73. The maximum atomic E-state index is 2.45. The standard InChI is InChI=1S/C52H32N2S2/c1-3-11-36(12-4-1)53(39-25-27-42-40-15-7-9-17-49(40)55-51(42)31-39)38-23-19-33(20-24-38)34-22-28-47-45(29-34)46-32-44-35(30-48(46)54(47)37-13-5-2-6-14-37)21-26-43-41-16-8-10-18-50(41)56-52(43)44/h1-32H. The Morgan fingerprint density at radius 2 is 0.946 bits per heavy atom. The van der Waals surface area contributed by atoms with Gasteiger partial charge in [0.25, 0.3) is 0 Å². The number of benzene rings is 9. The second-order valence-electron chi connectivity index (χ2n) is 14.5. The summed E-state index contributed by atoms with van der Waals surface area (Å²) in [4.78, 5) is 2.37. The lowest BCUT2D eigenvalue weighted by atomic mass is 10.0. The number of thiophene rings is 2. The van der Waals surface area contributed by atoms with Crippen molar-refractivity contribution in [3.05, 3.63) is 194 Å². The van der Waals surface area contributed by atoms with E-state index in [0.29, 0.717) is 0 Å². The first-order valence-corrected chi connectivity index (χ1v) is 20.6. The monoisotopic (exact) mass is 748 g/mol. The van der Waals surface area contributed by atoms with E-state index in [-0.39, 0.29) is 0 Å². The van der Waals surface area contributed by atoms with Crippen molar-refractivity contribution in [3.63, 3.8) is 0 Å². The normalized spacial score (nSPS) is 11.9. The quantitative estimate of drug-likeness (QED) is 0.170. The van der Waals surface area contributed by atoms with Crippen molar-refractivity contribution < 1.29 is 0 Å². The van der Waals surface area contributed by atoms with Gasteiger partial charge in [0.15, 0.2) is 0 Å². The molecule has 0 amide bonds. The van der Waals surface area contributed by atoms with Crippen LogP contribution in [0.25, 0.3) is 89.7 Å².